The highest BCUT2D eigenvalue weighted by molar-refractivity contribution is 5.92. The second-order valence-electron chi connectivity index (χ2n) is 10.9. The minimum atomic E-state index is -0.121. The summed E-state index contributed by atoms with van der Waals surface area (Å²) in [5.74, 6) is 0.729. The van der Waals surface area contributed by atoms with Crippen LogP contribution >= 0.6 is 0 Å². The van der Waals surface area contributed by atoms with Gasteiger partial charge in [-0.2, -0.15) is 0 Å². The van der Waals surface area contributed by atoms with E-state index in [0.717, 1.165) is 56.0 Å². The minimum Gasteiger partial charge on any atom is -0.340 e. The summed E-state index contributed by atoms with van der Waals surface area (Å²) in [6, 6.07) is 16.7. The maximum atomic E-state index is 13.6. The molecule has 0 saturated carbocycles. The van der Waals surface area contributed by atoms with Crippen LogP contribution in [0, 0.1) is 0 Å². The van der Waals surface area contributed by atoms with E-state index in [9.17, 15) is 9.59 Å². The first-order valence-corrected chi connectivity index (χ1v) is 14.0. The molecule has 1 fully saturated rings. The number of rotatable bonds is 10. The Labute approximate surface area is 224 Å². The molecule has 37 heavy (non-hydrogen) atoms. The van der Waals surface area contributed by atoms with E-state index in [-0.39, 0.29) is 18.0 Å². The topological polar surface area (TPSA) is 55.9 Å². The number of para-hydroxylation sites is 1. The zero-order valence-corrected chi connectivity index (χ0v) is 23.7. The van der Waals surface area contributed by atoms with Crippen molar-refractivity contribution in [2.24, 2.45) is 0 Å². The molecule has 1 aliphatic rings. The number of piperazine rings is 1. The third-order valence-corrected chi connectivity index (χ3v) is 7.53. The maximum absolute atomic E-state index is 13.6. The Morgan fingerprint density at radius 3 is 2.00 bits per heavy atom. The minimum absolute atomic E-state index is 0.0456. The fraction of sp³-hybridized carbons (Fsp3) is 0.548. The lowest BCUT2D eigenvalue weighted by molar-refractivity contribution is -0.133. The van der Waals surface area contributed by atoms with Crippen molar-refractivity contribution in [3.63, 3.8) is 0 Å². The zero-order chi connectivity index (χ0) is 26.9. The fourth-order valence-electron chi connectivity index (χ4n) is 4.99. The van der Waals surface area contributed by atoms with Crippen molar-refractivity contribution in [1.29, 1.82) is 0 Å². The molecule has 0 aliphatic carbocycles. The average Bonchev–Trinajstić information content (AvgIpc) is 2.89. The van der Waals surface area contributed by atoms with Gasteiger partial charge in [-0.1, -0.05) is 83.1 Å². The number of hydrogen-bond donors (Lipinski definition) is 1. The molecule has 3 amide bonds. The van der Waals surface area contributed by atoms with E-state index in [0.29, 0.717) is 24.8 Å². The molecule has 1 saturated heterocycles. The zero-order valence-electron chi connectivity index (χ0n) is 23.7. The SMILES string of the molecule is CCC(C)N(CCC(=O)N1CCN(Cc2ccccc2)CC1)C(=O)Nc1c(C(C)C)cccc1C(C)C. The molecule has 6 nitrogen and oxygen atoms in total. The Kier molecular flexibility index (Phi) is 10.6. The van der Waals surface area contributed by atoms with Gasteiger partial charge in [-0.15, -0.1) is 0 Å². The van der Waals surface area contributed by atoms with Gasteiger partial charge in [0.05, 0.1) is 0 Å². The van der Waals surface area contributed by atoms with Crippen molar-refractivity contribution in [2.45, 2.75) is 78.8 Å². The largest absolute Gasteiger partial charge is 0.340 e. The summed E-state index contributed by atoms with van der Waals surface area (Å²) in [4.78, 5) is 32.8. The summed E-state index contributed by atoms with van der Waals surface area (Å²) in [6.45, 7) is 17.3. The van der Waals surface area contributed by atoms with Crippen LogP contribution in [0.25, 0.3) is 0 Å². The molecule has 2 aromatic carbocycles. The maximum Gasteiger partial charge on any atom is 0.322 e. The lowest BCUT2D eigenvalue weighted by Gasteiger charge is -2.35. The number of nitrogens with one attached hydrogen (secondary N) is 1. The smallest absolute Gasteiger partial charge is 0.322 e. The van der Waals surface area contributed by atoms with Crippen LogP contribution in [0.2, 0.25) is 0 Å². The quantitative estimate of drug-likeness (QED) is 0.411. The highest BCUT2D eigenvalue weighted by Crippen LogP contribution is 2.32. The second-order valence-corrected chi connectivity index (χ2v) is 10.9. The molecule has 0 spiro atoms. The summed E-state index contributed by atoms with van der Waals surface area (Å²) in [5.41, 5.74) is 4.52. The number of nitrogens with zero attached hydrogens (tertiary/aromatic N) is 3. The molecule has 1 unspecified atom stereocenters. The Bertz CT molecular complexity index is 987. The Morgan fingerprint density at radius 2 is 1.46 bits per heavy atom. The van der Waals surface area contributed by atoms with Crippen LogP contribution < -0.4 is 5.32 Å². The van der Waals surface area contributed by atoms with Gasteiger partial charge in [0.25, 0.3) is 0 Å². The van der Waals surface area contributed by atoms with Crippen molar-refractivity contribution in [3.05, 3.63) is 65.2 Å². The van der Waals surface area contributed by atoms with Gasteiger partial charge in [0, 0.05) is 57.4 Å². The third-order valence-electron chi connectivity index (χ3n) is 7.53. The summed E-state index contributed by atoms with van der Waals surface area (Å²) < 4.78 is 0. The van der Waals surface area contributed by atoms with Crippen LogP contribution in [-0.4, -0.2) is 65.4 Å². The normalized spacial score (nSPS) is 15.2. The van der Waals surface area contributed by atoms with Gasteiger partial charge in [-0.3, -0.25) is 9.69 Å². The summed E-state index contributed by atoms with van der Waals surface area (Å²) in [6.07, 6.45) is 1.18. The third kappa shape index (κ3) is 7.81. The number of benzene rings is 2. The van der Waals surface area contributed by atoms with Gasteiger partial charge >= 0.3 is 6.03 Å². The van der Waals surface area contributed by atoms with Crippen LogP contribution in [0.15, 0.2) is 48.5 Å². The number of carbonyl (C=O) groups excluding carboxylic acids is 2. The molecule has 1 N–H and O–H groups in total. The van der Waals surface area contributed by atoms with Gasteiger partial charge in [0.15, 0.2) is 0 Å². The van der Waals surface area contributed by atoms with E-state index in [1.807, 2.05) is 15.9 Å². The van der Waals surface area contributed by atoms with Crippen molar-refractivity contribution < 1.29 is 9.59 Å². The van der Waals surface area contributed by atoms with Crippen LogP contribution in [0.3, 0.4) is 0 Å². The van der Waals surface area contributed by atoms with Gasteiger partial charge < -0.3 is 15.1 Å². The summed E-state index contributed by atoms with van der Waals surface area (Å²) in [7, 11) is 0. The van der Waals surface area contributed by atoms with Crippen LogP contribution in [0.1, 0.15) is 82.9 Å². The van der Waals surface area contributed by atoms with Crippen LogP contribution in [0.4, 0.5) is 10.5 Å². The van der Waals surface area contributed by atoms with E-state index in [2.05, 4.69) is 94.2 Å². The van der Waals surface area contributed by atoms with Crippen LogP contribution in [0.5, 0.6) is 0 Å². The molecule has 1 aliphatic heterocycles. The first-order chi connectivity index (χ1) is 17.7. The highest BCUT2D eigenvalue weighted by Gasteiger charge is 2.26. The number of amides is 3. The highest BCUT2D eigenvalue weighted by atomic mass is 16.2. The van der Waals surface area contributed by atoms with Gasteiger partial charge in [-0.05, 0) is 41.9 Å². The number of hydrogen-bond acceptors (Lipinski definition) is 3. The number of carbonyl (C=O) groups is 2. The molecule has 0 bridgehead atoms. The number of anilines is 1. The lowest BCUT2D eigenvalue weighted by atomic mass is 9.92. The van der Waals surface area contributed by atoms with Crippen molar-refractivity contribution in [3.8, 4) is 0 Å². The molecule has 202 valence electrons. The number of urea groups is 1. The first-order valence-electron chi connectivity index (χ1n) is 14.0. The first kappa shape index (κ1) is 28.7. The lowest BCUT2D eigenvalue weighted by Crippen LogP contribution is -2.49. The molecule has 0 radical (unpaired) electrons. The predicted octanol–water partition coefficient (Wildman–Crippen LogP) is 6.30. The molecule has 2 aromatic rings. The molecule has 1 atom stereocenters. The summed E-state index contributed by atoms with van der Waals surface area (Å²) >= 11 is 0. The van der Waals surface area contributed by atoms with Crippen molar-refractivity contribution in [1.82, 2.24) is 14.7 Å². The van der Waals surface area contributed by atoms with E-state index < -0.39 is 0 Å². The van der Waals surface area contributed by atoms with Crippen LogP contribution in [-0.2, 0) is 11.3 Å². The fourth-order valence-corrected chi connectivity index (χ4v) is 4.99. The van der Waals surface area contributed by atoms with Gasteiger partial charge in [0.2, 0.25) is 5.91 Å². The molecule has 3 rings (SSSR count). The Morgan fingerprint density at radius 1 is 0.865 bits per heavy atom. The summed E-state index contributed by atoms with van der Waals surface area (Å²) in [5, 5.41) is 3.24. The standard InChI is InChI=1S/C31H46N4O2/c1-7-25(6)35(31(37)32-30-27(23(2)3)14-11-15-28(30)24(4)5)17-16-29(36)34-20-18-33(19-21-34)22-26-12-9-8-10-13-26/h8-15,23-25H,7,16-22H2,1-6H3,(H,32,37). The molecule has 0 aromatic heterocycles. The average molecular weight is 507 g/mol. The molecule has 1 heterocycles. The van der Waals surface area contributed by atoms with E-state index in [1.54, 1.807) is 0 Å². The Balaban J connectivity index is 1.60. The van der Waals surface area contributed by atoms with Crippen molar-refractivity contribution in [2.75, 3.05) is 38.0 Å². The van der Waals surface area contributed by atoms with Crippen molar-refractivity contribution >= 4 is 17.6 Å². The molecular formula is C31H46N4O2. The van der Waals surface area contributed by atoms with E-state index >= 15 is 0 Å². The van der Waals surface area contributed by atoms with E-state index in [1.165, 1.54) is 5.56 Å². The molecule has 6 heteroatoms. The van der Waals surface area contributed by atoms with Gasteiger partial charge in [0.1, 0.15) is 0 Å². The predicted molar refractivity (Wildman–Crippen MR) is 153 cm³/mol. The monoisotopic (exact) mass is 506 g/mol. The molecular weight excluding hydrogens is 460 g/mol. The van der Waals surface area contributed by atoms with E-state index in [4.69, 9.17) is 0 Å². The Hall–Kier alpha value is -2.86. The second kappa shape index (κ2) is 13.6. The van der Waals surface area contributed by atoms with Gasteiger partial charge in [-0.25, -0.2) is 4.79 Å².